The van der Waals surface area contributed by atoms with Gasteiger partial charge in [-0.3, -0.25) is 4.99 Å². The normalized spacial score (nSPS) is 14.4. The van der Waals surface area contributed by atoms with Gasteiger partial charge in [0.25, 0.3) is 0 Å². The summed E-state index contributed by atoms with van der Waals surface area (Å²) in [6.07, 6.45) is 6.85. The molecule has 290 valence electrons. The highest BCUT2D eigenvalue weighted by Crippen LogP contribution is 2.58. The molecule has 0 aromatic heterocycles. The zero-order valence-electron chi connectivity index (χ0n) is 33.9. The van der Waals surface area contributed by atoms with Crippen molar-refractivity contribution in [3.8, 4) is 34.4 Å². The second-order valence-electron chi connectivity index (χ2n) is 13.1. The van der Waals surface area contributed by atoms with Gasteiger partial charge in [-0.2, -0.15) is 10.5 Å². The van der Waals surface area contributed by atoms with E-state index in [0.29, 0.717) is 34.9 Å². The molecule has 0 fully saturated rings. The molecule has 6 heteroatoms. The molecule has 0 bridgehead atoms. The zero-order chi connectivity index (χ0) is 42.2. The van der Waals surface area contributed by atoms with E-state index in [9.17, 15) is 10.5 Å². The van der Waals surface area contributed by atoms with E-state index in [0.717, 1.165) is 34.2 Å². The molecule has 0 aliphatic heterocycles. The van der Waals surface area contributed by atoms with Crippen molar-refractivity contribution in [3.05, 3.63) is 227 Å². The van der Waals surface area contributed by atoms with Crippen LogP contribution < -0.4 is 5.73 Å². The molecular formula is C53H48N6. The lowest BCUT2D eigenvalue weighted by Crippen LogP contribution is -2.29. The van der Waals surface area contributed by atoms with E-state index >= 15 is 0 Å². The minimum Gasteiger partial charge on any atom is -0.405 e. The van der Waals surface area contributed by atoms with Gasteiger partial charge in [0, 0.05) is 11.1 Å². The molecule has 1 aliphatic rings. The number of rotatable bonds is 9. The van der Waals surface area contributed by atoms with Crippen molar-refractivity contribution >= 4 is 18.4 Å². The highest BCUT2D eigenvalue weighted by molar-refractivity contribution is 6.12. The molecule has 1 atom stereocenters. The summed E-state index contributed by atoms with van der Waals surface area (Å²) in [5, 5.41) is 18.7. The highest BCUT2D eigenvalue weighted by Gasteiger charge is 2.47. The minimum absolute atomic E-state index is 0.342. The summed E-state index contributed by atoms with van der Waals surface area (Å²) in [5.74, 6) is 0.828. The Morgan fingerprint density at radius 3 is 1.88 bits per heavy atom. The van der Waals surface area contributed by atoms with Crippen LogP contribution in [0.25, 0.3) is 22.3 Å². The maximum atomic E-state index is 9.42. The Hall–Kier alpha value is -7.67. The van der Waals surface area contributed by atoms with Gasteiger partial charge < -0.3 is 5.73 Å². The van der Waals surface area contributed by atoms with Crippen molar-refractivity contribution in [2.45, 2.75) is 39.2 Å². The number of hydrogen-bond donors (Lipinski definition) is 1. The fourth-order valence-electron chi connectivity index (χ4n) is 7.59. The summed E-state index contributed by atoms with van der Waals surface area (Å²) in [5.41, 5.74) is 18.5. The standard InChI is InChI=1S/C49H38N6.C2H6.C2H4/c1-3-11-40(28-29-50)49(41-14-5-4-6-15-41)44-18-8-7-16-43(44)46-42(17-10-19-45(46)49)39-13-9-12-36(30-39)33-54-48(38-26-22-35(32-52)23-27-38)55-47(53-2)37-24-20-34(31-51)21-25-37;2*1-2/h4-30H,2-3,33,50H2,1H3;1-2H3;1-2H2/b29-28-,40-11+,54-48?,55-47?;;. The topological polar surface area (TPSA) is 111 Å². The molecule has 0 radical (unpaired) electrons. The largest absolute Gasteiger partial charge is 0.405 e. The van der Waals surface area contributed by atoms with E-state index in [2.05, 4.69) is 153 Å². The molecule has 59 heavy (non-hydrogen) atoms. The molecule has 6 nitrogen and oxygen atoms in total. The first-order valence-electron chi connectivity index (χ1n) is 19.6. The van der Waals surface area contributed by atoms with Crippen LogP contribution in [0.3, 0.4) is 0 Å². The third-order valence-corrected chi connectivity index (χ3v) is 9.96. The lowest BCUT2D eigenvalue weighted by Gasteiger charge is -2.35. The molecule has 0 saturated heterocycles. The van der Waals surface area contributed by atoms with E-state index in [-0.39, 0.29) is 0 Å². The molecule has 0 saturated carbocycles. The second-order valence-corrected chi connectivity index (χ2v) is 13.1. The van der Waals surface area contributed by atoms with E-state index in [1.807, 2.05) is 26.0 Å². The third-order valence-electron chi connectivity index (χ3n) is 9.96. The van der Waals surface area contributed by atoms with Crippen molar-refractivity contribution < 1.29 is 0 Å². The van der Waals surface area contributed by atoms with Crippen LogP contribution in [0.4, 0.5) is 0 Å². The number of benzene rings is 6. The van der Waals surface area contributed by atoms with Crippen LogP contribution in [0.1, 0.15) is 71.7 Å². The maximum Gasteiger partial charge on any atom is 0.161 e. The molecule has 6 aromatic carbocycles. The molecule has 0 spiro atoms. The van der Waals surface area contributed by atoms with E-state index in [4.69, 9.17) is 15.7 Å². The fourth-order valence-corrected chi connectivity index (χ4v) is 7.59. The van der Waals surface area contributed by atoms with Gasteiger partial charge in [0.1, 0.15) is 0 Å². The number of nitrogens with zero attached hydrogens (tertiary/aromatic N) is 5. The van der Waals surface area contributed by atoms with Crippen molar-refractivity contribution in [1.29, 1.82) is 10.5 Å². The number of fused-ring (bicyclic) bond motifs is 3. The number of aliphatic imine (C=N–C) groups is 3. The van der Waals surface area contributed by atoms with Gasteiger partial charge in [0.2, 0.25) is 0 Å². The first kappa shape index (κ1) is 42.5. The zero-order valence-corrected chi connectivity index (χ0v) is 33.9. The van der Waals surface area contributed by atoms with Crippen LogP contribution in [-0.2, 0) is 12.0 Å². The molecule has 6 aromatic rings. The minimum atomic E-state index is -0.559. The fraction of sp³-hybridized carbons (Fsp3) is 0.113. The van der Waals surface area contributed by atoms with Gasteiger partial charge in [-0.1, -0.05) is 118 Å². The van der Waals surface area contributed by atoms with E-state index in [1.165, 1.54) is 27.8 Å². The van der Waals surface area contributed by atoms with Gasteiger partial charge >= 0.3 is 0 Å². The first-order valence-corrected chi connectivity index (χ1v) is 19.6. The van der Waals surface area contributed by atoms with Gasteiger partial charge in [-0.15, -0.1) is 13.2 Å². The Balaban J connectivity index is 0.00000160. The van der Waals surface area contributed by atoms with Crippen molar-refractivity contribution in [1.82, 2.24) is 0 Å². The Morgan fingerprint density at radius 1 is 0.695 bits per heavy atom. The number of nitrogens with two attached hydrogens (primary N) is 1. The van der Waals surface area contributed by atoms with Gasteiger partial charge in [0.15, 0.2) is 11.7 Å². The Kier molecular flexibility index (Phi) is 14.7. The lowest BCUT2D eigenvalue weighted by molar-refractivity contribution is 0.761. The summed E-state index contributed by atoms with van der Waals surface area (Å²) in [6, 6.07) is 53.0. The Bertz CT molecular complexity index is 2600. The van der Waals surface area contributed by atoms with Gasteiger partial charge in [0.05, 0.1) is 35.2 Å². The third kappa shape index (κ3) is 8.69. The average molecular weight is 769 g/mol. The number of amidine groups is 2. The van der Waals surface area contributed by atoms with Crippen LogP contribution in [0, 0.1) is 22.7 Å². The predicted molar refractivity (Wildman–Crippen MR) is 247 cm³/mol. The molecule has 0 heterocycles. The quantitative estimate of drug-likeness (QED) is 0.0684. The summed E-state index contributed by atoms with van der Waals surface area (Å²) >= 11 is 0. The van der Waals surface area contributed by atoms with Crippen LogP contribution in [0.15, 0.2) is 198 Å². The van der Waals surface area contributed by atoms with Crippen LogP contribution in [-0.4, -0.2) is 18.4 Å². The second kappa shape index (κ2) is 20.5. The Labute approximate surface area is 349 Å². The summed E-state index contributed by atoms with van der Waals surface area (Å²) < 4.78 is 0. The SMILES string of the molecule is C=C.C=NC(=NC(=NCc1cccc(-c2cccc3c2-c2ccccc2C3(C(/C=C\N)=C/CC)c2ccccc2)c1)c1ccc(C#N)cc1)c1ccc(C#N)cc1.CC. The van der Waals surface area contributed by atoms with Crippen molar-refractivity contribution in [3.63, 3.8) is 0 Å². The number of nitriles is 2. The average Bonchev–Trinajstić information content (AvgIpc) is 3.62. The van der Waals surface area contributed by atoms with Crippen molar-refractivity contribution in [2.24, 2.45) is 20.7 Å². The molecule has 1 unspecified atom stereocenters. The smallest absolute Gasteiger partial charge is 0.161 e. The molecule has 2 N–H and O–H groups in total. The monoisotopic (exact) mass is 768 g/mol. The van der Waals surface area contributed by atoms with Gasteiger partial charge in [-0.25, -0.2) is 9.98 Å². The van der Waals surface area contributed by atoms with E-state index in [1.54, 1.807) is 42.6 Å². The summed E-state index contributed by atoms with van der Waals surface area (Å²) in [7, 11) is 0. The Morgan fingerprint density at radius 2 is 1.27 bits per heavy atom. The van der Waals surface area contributed by atoms with Crippen LogP contribution in [0.5, 0.6) is 0 Å². The number of hydrogen-bond acceptors (Lipinski definition) is 4. The molecule has 1 aliphatic carbocycles. The molecular weight excluding hydrogens is 721 g/mol. The first-order chi connectivity index (χ1) is 29.0. The van der Waals surface area contributed by atoms with Gasteiger partial charge in [-0.05, 0) is 130 Å². The summed E-state index contributed by atoms with van der Waals surface area (Å²) in [4.78, 5) is 14.1. The summed E-state index contributed by atoms with van der Waals surface area (Å²) in [6.45, 7) is 16.3. The highest BCUT2D eigenvalue weighted by atomic mass is 15.0. The van der Waals surface area contributed by atoms with E-state index < -0.39 is 5.41 Å². The molecule has 0 amide bonds. The maximum absolute atomic E-state index is 9.42. The predicted octanol–water partition coefficient (Wildman–Crippen LogP) is 12.1. The lowest BCUT2D eigenvalue weighted by atomic mass is 9.66. The van der Waals surface area contributed by atoms with Crippen LogP contribution >= 0.6 is 0 Å². The number of allylic oxidation sites excluding steroid dienone is 3. The van der Waals surface area contributed by atoms with Crippen LogP contribution in [0.2, 0.25) is 0 Å². The van der Waals surface area contributed by atoms with Crippen molar-refractivity contribution in [2.75, 3.05) is 0 Å². The molecule has 7 rings (SSSR count).